The number of ether oxygens (including phenoxy) is 5. The number of nitrogens with two attached hydrogens (primary N) is 1. The van der Waals surface area contributed by atoms with Gasteiger partial charge in [-0.1, -0.05) is 54.6 Å². The number of carbonyl (C=O) groups is 3. The van der Waals surface area contributed by atoms with Crippen LogP contribution in [0.4, 0.5) is 21.0 Å². The van der Waals surface area contributed by atoms with Crippen molar-refractivity contribution in [2.45, 2.75) is 108 Å². The highest BCUT2D eigenvalue weighted by Crippen LogP contribution is 2.44. The third-order valence-corrected chi connectivity index (χ3v) is 15.7. The molecule has 24 heteroatoms. The average molecular weight is 1110 g/mol. The molecule has 0 radical (unpaired) electrons. The molecule has 1 fully saturated rings. The maximum absolute atomic E-state index is 16.3. The minimum atomic E-state index is -5.09. The summed E-state index contributed by atoms with van der Waals surface area (Å²) in [5, 5.41) is 18.7. The second kappa shape index (κ2) is 23.8. The molecule has 0 saturated carbocycles. The Morgan fingerprint density at radius 3 is 1.83 bits per heavy atom. The van der Waals surface area contributed by atoms with E-state index in [2.05, 4.69) is 25.7 Å². The van der Waals surface area contributed by atoms with Crippen molar-refractivity contribution in [3.05, 3.63) is 120 Å². The summed E-state index contributed by atoms with van der Waals surface area (Å²) in [6.07, 6.45) is -1.29. The Labute approximate surface area is 454 Å². The number of amides is 3. The number of carbonyl (C=O) groups excluding carboxylic acids is 3. The number of nitrogens with one attached hydrogen (secondary N) is 3. The molecule has 3 amide bonds. The van der Waals surface area contributed by atoms with Crippen LogP contribution in [0.3, 0.4) is 0 Å². The lowest BCUT2D eigenvalue weighted by Crippen LogP contribution is -2.44. The van der Waals surface area contributed by atoms with E-state index in [1.807, 2.05) is 0 Å². The van der Waals surface area contributed by atoms with Crippen LogP contribution < -0.4 is 35.3 Å². The molecule has 1 aliphatic rings. The summed E-state index contributed by atoms with van der Waals surface area (Å²) in [5.41, 5.74) is 6.92. The van der Waals surface area contributed by atoms with E-state index >= 15 is 16.8 Å². The second-order valence-electron chi connectivity index (χ2n) is 20.4. The summed E-state index contributed by atoms with van der Waals surface area (Å²) in [5.74, 6) is 0.662. The fourth-order valence-corrected chi connectivity index (χ4v) is 12.0. The number of benzene rings is 5. The predicted octanol–water partition coefficient (Wildman–Crippen LogP) is 7.19. The molecule has 22 nitrogen and oxygen atoms in total. The van der Waals surface area contributed by atoms with Gasteiger partial charge in [0.05, 0.1) is 44.8 Å². The van der Waals surface area contributed by atoms with E-state index in [1.54, 1.807) is 126 Å². The number of tetrazole rings is 1. The van der Waals surface area contributed by atoms with Gasteiger partial charge in [0, 0.05) is 37.8 Å². The molecule has 2 heterocycles. The number of likely N-dealkylation sites (tertiary alicyclic amines) is 1. The van der Waals surface area contributed by atoms with Crippen molar-refractivity contribution in [3.63, 3.8) is 0 Å². The van der Waals surface area contributed by atoms with E-state index in [1.165, 1.54) is 50.1 Å². The van der Waals surface area contributed by atoms with Crippen molar-refractivity contribution in [1.29, 1.82) is 0 Å². The van der Waals surface area contributed by atoms with Gasteiger partial charge < -0.3 is 45.0 Å². The average Bonchev–Trinajstić information content (AvgIpc) is 4.16. The first-order valence-corrected chi connectivity index (χ1v) is 27.7. The van der Waals surface area contributed by atoms with E-state index < -0.39 is 71.2 Å². The number of aromatic nitrogens is 4. The second-order valence-corrected chi connectivity index (χ2v) is 24.0. The van der Waals surface area contributed by atoms with Crippen molar-refractivity contribution in [3.8, 4) is 39.8 Å². The standard InChI is InChI=1S/C54H66N10O12S2/c1-34(56-51(66)75-53(2,3)4)50(65)57-44-13-11-12-43(47(44)55)42-26-27-45(77(68,69)60-38-28-29-62(33-38)52(67)76-54(5,6)7)48(46(42)49-58-61-64(59-49)32-37-18-24-41(74-10)25-19-37)78(70,71)63(30-35-14-20-39(72-8)21-15-35)31-36-16-22-40(73-9)23-17-36/h11-27,34,38,60H,28-33,55H2,1-10H3,(H,56,66)(H,57,65)/t34-,38+/m0/s1. The normalized spacial score (nSPS) is 14.4. The van der Waals surface area contributed by atoms with Gasteiger partial charge in [0.2, 0.25) is 31.8 Å². The van der Waals surface area contributed by atoms with E-state index in [0.717, 1.165) is 15.9 Å². The van der Waals surface area contributed by atoms with Crippen LogP contribution in [0.15, 0.2) is 113 Å². The molecule has 1 saturated heterocycles. The minimum Gasteiger partial charge on any atom is -0.497 e. The summed E-state index contributed by atoms with van der Waals surface area (Å²) >= 11 is 0. The lowest BCUT2D eigenvalue weighted by Gasteiger charge is -2.27. The van der Waals surface area contributed by atoms with Crippen molar-refractivity contribution < 1.29 is 54.9 Å². The fourth-order valence-electron chi connectivity index (χ4n) is 8.34. The highest BCUT2D eigenvalue weighted by Gasteiger charge is 2.40. The Bertz CT molecular complexity index is 3290. The van der Waals surface area contributed by atoms with Crippen molar-refractivity contribution >= 4 is 49.5 Å². The third kappa shape index (κ3) is 14.4. The monoisotopic (exact) mass is 1110 g/mol. The number of anilines is 2. The largest absolute Gasteiger partial charge is 0.497 e. The van der Waals surface area contributed by atoms with Crippen LogP contribution in [-0.2, 0) is 53.9 Å². The molecule has 6 aromatic rings. The molecule has 0 spiro atoms. The molecular weight excluding hydrogens is 1040 g/mol. The molecule has 78 heavy (non-hydrogen) atoms. The molecule has 5 aromatic carbocycles. The Morgan fingerprint density at radius 1 is 0.744 bits per heavy atom. The smallest absolute Gasteiger partial charge is 0.410 e. The van der Waals surface area contributed by atoms with Crippen LogP contribution in [0.1, 0.15) is 71.6 Å². The molecular formula is C54H66N10O12S2. The van der Waals surface area contributed by atoms with Gasteiger partial charge in [-0.2, -0.15) is 9.10 Å². The predicted molar refractivity (Wildman–Crippen MR) is 292 cm³/mol. The molecule has 0 aliphatic carbocycles. The zero-order valence-corrected chi connectivity index (χ0v) is 46.8. The van der Waals surface area contributed by atoms with Gasteiger partial charge in [-0.3, -0.25) is 4.79 Å². The number of nitrogen functional groups attached to an aromatic ring is 1. The Hall–Kier alpha value is -7.80. The summed E-state index contributed by atoms with van der Waals surface area (Å²) in [7, 11) is -5.43. The number of nitrogens with zero attached hydrogens (tertiary/aromatic N) is 6. The molecule has 7 rings (SSSR count). The molecule has 1 aliphatic heterocycles. The highest BCUT2D eigenvalue weighted by atomic mass is 32.2. The number of para-hydroxylation sites is 1. The summed E-state index contributed by atoms with van der Waals surface area (Å²) in [4.78, 5) is 40.7. The van der Waals surface area contributed by atoms with Crippen LogP contribution in [0, 0.1) is 0 Å². The van der Waals surface area contributed by atoms with Crippen molar-refractivity contribution in [1.82, 2.24) is 39.5 Å². The number of hydrogen-bond donors (Lipinski definition) is 4. The lowest BCUT2D eigenvalue weighted by molar-refractivity contribution is -0.117. The van der Waals surface area contributed by atoms with Gasteiger partial charge in [-0.05, 0) is 131 Å². The molecule has 0 bridgehead atoms. The fraction of sp³-hybridized carbons (Fsp3) is 0.370. The summed E-state index contributed by atoms with van der Waals surface area (Å²) in [6.45, 7) is 11.2. The first-order valence-electron chi connectivity index (χ1n) is 24.8. The first-order chi connectivity index (χ1) is 36.8. The van der Waals surface area contributed by atoms with Crippen molar-refractivity contribution in [2.75, 3.05) is 45.5 Å². The molecule has 1 aromatic heterocycles. The molecule has 5 N–H and O–H groups in total. The van der Waals surface area contributed by atoms with Crippen LogP contribution in [0.2, 0.25) is 0 Å². The summed E-state index contributed by atoms with van der Waals surface area (Å²) in [6, 6.07) is 25.7. The Morgan fingerprint density at radius 2 is 1.29 bits per heavy atom. The van der Waals surface area contributed by atoms with E-state index in [-0.39, 0.29) is 73.0 Å². The maximum atomic E-state index is 16.3. The first kappa shape index (κ1) is 57.9. The summed E-state index contributed by atoms with van der Waals surface area (Å²) < 4.78 is 94.1. The van der Waals surface area contributed by atoms with Gasteiger partial charge in [0.15, 0.2) is 0 Å². The minimum absolute atomic E-state index is 0.0378. The SMILES string of the molecule is COc1ccc(CN(Cc2ccc(OC)cc2)S(=O)(=O)c2c(S(=O)(=O)N[C@@H]3CCN(C(=O)OC(C)(C)C)C3)ccc(-c3cccc(NC(=O)[C@H](C)NC(=O)OC(C)(C)C)c3N)c2-c2nnn(Cc3ccc(OC)cc3)n2)cc1. The van der Waals surface area contributed by atoms with Gasteiger partial charge in [-0.15, -0.1) is 10.2 Å². The Balaban J connectivity index is 1.45. The van der Waals surface area contributed by atoms with E-state index in [0.29, 0.717) is 28.4 Å². The quantitative estimate of drug-likeness (QED) is 0.0584. The maximum Gasteiger partial charge on any atom is 0.410 e. The van der Waals surface area contributed by atoms with Crippen LogP contribution >= 0.6 is 0 Å². The number of sulfonamides is 2. The van der Waals surface area contributed by atoms with E-state index in [9.17, 15) is 14.4 Å². The number of methoxy groups -OCH3 is 3. The van der Waals surface area contributed by atoms with Gasteiger partial charge in [0.25, 0.3) is 0 Å². The third-order valence-electron chi connectivity index (χ3n) is 12.1. The lowest BCUT2D eigenvalue weighted by atomic mass is 9.97. The van der Waals surface area contributed by atoms with Crippen LogP contribution in [0.5, 0.6) is 17.2 Å². The number of rotatable bonds is 19. The van der Waals surface area contributed by atoms with Crippen LogP contribution in [0.25, 0.3) is 22.5 Å². The van der Waals surface area contributed by atoms with Crippen LogP contribution in [-0.4, -0.2) is 122 Å². The van der Waals surface area contributed by atoms with Gasteiger partial charge >= 0.3 is 12.2 Å². The Kier molecular flexibility index (Phi) is 17.7. The van der Waals surface area contributed by atoms with E-state index in [4.69, 9.17) is 34.5 Å². The van der Waals surface area contributed by atoms with Gasteiger partial charge in [0.1, 0.15) is 44.3 Å². The number of alkyl carbamates (subject to hydrolysis) is 1. The molecule has 416 valence electrons. The van der Waals surface area contributed by atoms with Crippen molar-refractivity contribution in [2.24, 2.45) is 0 Å². The zero-order chi connectivity index (χ0) is 56.7. The number of hydrogen-bond acceptors (Lipinski definition) is 16. The van der Waals surface area contributed by atoms with Gasteiger partial charge in [-0.25, -0.2) is 31.1 Å². The topological polar surface area (TPSA) is 278 Å². The molecule has 0 unspecified atom stereocenters. The highest BCUT2D eigenvalue weighted by molar-refractivity contribution is 7.92. The molecule has 2 atom stereocenters. The zero-order valence-electron chi connectivity index (χ0n) is 45.2.